The van der Waals surface area contributed by atoms with Crippen LogP contribution in [-0.2, 0) is 11.3 Å². The predicted molar refractivity (Wildman–Crippen MR) is 75.2 cm³/mol. The quantitative estimate of drug-likeness (QED) is 0.480. The van der Waals surface area contributed by atoms with Crippen LogP contribution < -0.4 is 4.74 Å². The summed E-state index contributed by atoms with van der Waals surface area (Å²) >= 11 is 0. The average Bonchev–Trinajstić information content (AvgIpc) is 2.52. The highest BCUT2D eigenvalue weighted by Gasteiger charge is 2.15. The molecule has 0 saturated carbocycles. The Morgan fingerprint density at radius 2 is 1.90 bits per heavy atom. The van der Waals surface area contributed by atoms with Gasteiger partial charge in [0.15, 0.2) is 5.75 Å². The minimum atomic E-state index is -0.529. The van der Waals surface area contributed by atoms with Crippen LogP contribution in [0.2, 0.25) is 0 Å². The molecule has 0 bridgehead atoms. The van der Waals surface area contributed by atoms with E-state index in [-0.39, 0.29) is 18.0 Å². The van der Waals surface area contributed by atoms with Gasteiger partial charge in [-0.15, -0.1) is 0 Å². The fourth-order valence-electron chi connectivity index (χ4n) is 1.77. The van der Waals surface area contributed by atoms with Crippen molar-refractivity contribution in [2.24, 2.45) is 0 Å². The minimum absolute atomic E-state index is 0.0160. The number of esters is 1. The number of ether oxygens (including phenoxy) is 2. The zero-order valence-corrected chi connectivity index (χ0v) is 11.3. The summed E-state index contributed by atoms with van der Waals surface area (Å²) in [7, 11) is 1.35. The van der Waals surface area contributed by atoms with Gasteiger partial charge in [-0.25, -0.2) is 4.79 Å². The van der Waals surface area contributed by atoms with Crippen molar-refractivity contribution >= 4 is 11.7 Å². The smallest absolute Gasteiger partial charge is 0.338 e. The topological polar surface area (TPSA) is 78.7 Å². The summed E-state index contributed by atoms with van der Waals surface area (Å²) in [6, 6.07) is 12.9. The number of hydrogen-bond acceptors (Lipinski definition) is 5. The minimum Gasteiger partial charge on any atom is -0.490 e. The van der Waals surface area contributed by atoms with E-state index in [9.17, 15) is 14.9 Å². The summed E-state index contributed by atoms with van der Waals surface area (Å²) in [5.74, 6) is -0.318. The Balaban J connectivity index is 2.07. The molecule has 6 nitrogen and oxygen atoms in total. The molecule has 0 aromatic heterocycles. The summed E-state index contributed by atoms with van der Waals surface area (Å²) in [5, 5.41) is 10.8. The Labute approximate surface area is 121 Å². The highest BCUT2D eigenvalue weighted by molar-refractivity contribution is 5.89. The lowest BCUT2D eigenvalue weighted by Gasteiger charge is -2.07. The number of benzene rings is 2. The van der Waals surface area contributed by atoms with Gasteiger partial charge in [0.25, 0.3) is 0 Å². The van der Waals surface area contributed by atoms with E-state index in [1.807, 2.05) is 0 Å². The van der Waals surface area contributed by atoms with Gasteiger partial charge >= 0.3 is 11.7 Å². The number of nitrogens with zero attached hydrogens (tertiary/aromatic N) is 1. The van der Waals surface area contributed by atoms with Crippen molar-refractivity contribution < 1.29 is 19.2 Å². The maximum Gasteiger partial charge on any atom is 0.338 e. The molecule has 108 valence electrons. The molecule has 0 fully saturated rings. The van der Waals surface area contributed by atoms with Crippen LogP contribution >= 0.6 is 0 Å². The second-order valence-corrected chi connectivity index (χ2v) is 4.21. The van der Waals surface area contributed by atoms with Gasteiger partial charge in [-0.05, 0) is 29.8 Å². The summed E-state index contributed by atoms with van der Waals surface area (Å²) in [6.45, 7) is 0.0160. The van der Waals surface area contributed by atoms with Crippen LogP contribution in [0.4, 0.5) is 5.69 Å². The van der Waals surface area contributed by atoms with Crippen molar-refractivity contribution in [3.05, 3.63) is 69.8 Å². The van der Waals surface area contributed by atoms with Crippen molar-refractivity contribution in [1.29, 1.82) is 0 Å². The van der Waals surface area contributed by atoms with E-state index in [1.165, 1.54) is 25.3 Å². The molecule has 0 amide bonds. The third-order valence-electron chi connectivity index (χ3n) is 2.82. The van der Waals surface area contributed by atoms with Crippen molar-refractivity contribution in [3.63, 3.8) is 0 Å². The molecule has 0 aliphatic carbocycles. The second kappa shape index (κ2) is 6.51. The van der Waals surface area contributed by atoms with Crippen molar-refractivity contribution in [2.75, 3.05) is 7.11 Å². The molecule has 0 atom stereocenters. The Morgan fingerprint density at radius 3 is 2.52 bits per heavy atom. The van der Waals surface area contributed by atoms with Crippen LogP contribution in [0.15, 0.2) is 48.5 Å². The van der Waals surface area contributed by atoms with Gasteiger partial charge in [0, 0.05) is 6.07 Å². The van der Waals surface area contributed by atoms with Gasteiger partial charge in [0.05, 0.1) is 17.6 Å². The monoisotopic (exact) mass is 287 g/mol. The molecule has 0 aliphatic heterocycles. The molecule has 0 unspecified atom stereocenters. The van der Waals surface area contributed by atoms with Crippen LogP contribution in [-0.4, -0.2) is 18.0 Å². The molecule has 21 heavy (non-hydrogen) atoms. The lowest BCUT2D eigenvalue weighted by molar-refractivity contribution is -0.385. The molecule has 2 aromatic rings. The standard InChI is InChI=1S/C15H13NO5/c1-20-14-9-11(7-8-13(14)16(18)19)10-21-15(17)12-5-3-2-4-6-12/h2-9H,10H2,1H3. The average molecular weight is 287 g/mol. The Bertz CT molecular complexity index is 654. The number of nitro benzene ring substituents is 1. The largest absolute Gasteiger partial charge is 0.490 e. The van der Waals surface area contributed by atoms with E-state index in [2.05, 4.69) is 0 Å². The van der Waals surface area contributed by atoms with Crippen LogP contribution in [0.3, 0.4) is 0 Å². The summed E-state index contributed by atoms with van der Waals surface area (Å²) < 4.78 is 10.1. The molecular formula is C15H13NO5. The molecule has 0 saturated heterocycles. The third-order valence-corrected chi connectivity index (χ3v) is 2.82. The molecular weight excluding hydrogens is 274 g/mol. The Hall–Kier alpha value is -2.89. The highest BCUT2D eigenvalue weighted by atomic mass is 16.6. The maximum atomic E-state index is 11.8. The first kappa shape index (κ1) is 14.5. The summed E-state index contributed by atoms with van der Waals surface area (Å²) in [5.41, 5.74) is 0.934. The van der Waals surface area contributed by atoms with E-state index in [0.717, 1.165) is 0 Å². The summed E-state index contributed by atoms with van der Waals surface area (Å²) in [4.78, 5) is 22.0. The van der Waals surface area contributed by atoms with E-state index in [4.69, 9.17) is 9.47 Å². The normalized spacial score (nSPS) is 9.95. The third kappa shape index (κ3) is 3.56. The van der Waals surface area contributed by atoms with E-state index >= 15 is 0 Å². The van der Waals surface area contributed by atoms with Gasteiger partial charge in [-0.2, -0.15) is 0 Å². The van der Waals surface area contributed by atoms with Crippen molar-refractivity contribution in [1.82, 2.24) is 0 Å². The number of carbonyl (C=O) groups is 1. The van der Waals surface area contributed by atoms with Crippen LogP contribution in [0.25, 0.3) is 0 Å². The van der Waals surface area contributed by atoms with Gasteiger partial charge in [0.2, 0.25) is 0 Å². The molecule has 0 heterocycles. The fourth-order valence-corrected chi connectivity index (χ4v) is 1.77. The highest BCUT2D eigenvalue weighted by Crippen LogP contribution is 2.27. The zero-order valence-electron chi connectivity index (χ0n) is 11.3. The Kier molecular flexibility index (Phi) is 4.50. The zero-order chi connectivity index (χ0) is 15.2. The van der Waals surface area contributed by atoms with Gasteiger partial charge in [-0.1, -0.05) is 18.2 Å². The predicted octanol–water partition coefficient (Wildman–Crippen LogP) is 2.96. The van der Waals surface area contributed by atoms with Crippen LogP contribution in [0, 0.1) is 10.1 Å². The van der Waals surface area contributed by atoms with Crippen molar-refractivity contribution in [3.8, 4) is 5.75 Å². The lowest BCUT2D eigenvalue weighted by atomic mass is 10.2. The summed E-state index contributed by atoms with van der Waals surface area (Å²) in [6.07, 6.45) is 0. The van der Waals surface area contributed by atoms with E-state index in [1.54, 1.807) is 30.3 Å². The first-order valence-electron chi connectivity index (χ1n) is 6.15. The Morgan fingerprint density at radius 1 is 1.19 bits per heavy atom. The van der Waals surface area contributed by atoms with Gasteiger partial charge < -0.3 is 9.47 Å². The molecule has 0 spiro atoms. The van der Waals surface area contributed by atoms with E-state index in [0.29, 0.717) is 11.1 Å². The number of rotatable bonds is 5. The fraction of sp³-hybridized carbons (Fsp3) is 0.133. The number of hydrogen-bond donors (Lipinski definition) is 0. The van der Waals surface area contributed by atoms with Crippen LogP contribution in [0.1, 0.15) is 15.9 Å². The lowest BCUT2D eigenvalue weighted by Crippen LogP contribution is -2.05. The molecule has 0 radical (unpaired) electrons. The molecule has 2 aromatic carbocycles. The van der Waals surface area contributed by atoms with Crippen LogP contribution in [0.5, 0.6) is 5.75 Å². The molecule has 0 aliphatic rings. The number of methoxy groups -OCH3 is 1. The van der Waals surface area contributed by atoms with Crippen molar-refractivity contribution in [2.45, 2.75) is 6.61 Å². The molecule has 2 rings (SSSR count). The first-order chi connectivity index (χ1) is 10.1. The number of nitro groups is 1. The molecule has 0 N–H and O–H groups in total. The van der Waals surface area contributed by atoms with Gasteiger partial charge in [-0.3, -0.25) is 10.1 Å². The molecule has 6 heteroatoms. The SMILES string of the molecule is COc1cc(COC(=O)c2ccccc2)ccc1[N+](=O)[O-]. The van der Waals surface area contributed by atoms with E-state index < -0.39 is 10.9 Å². The second-order valence-electron chi connectivity index (χ2n) is 4.21. The first-order valence-corrected chi connectivity index (χ1v) is 6.15. The number of carbonyl (C=O) groups excluding carboxylic acids is 1. The van der Waals surface area contributed by atoms with Gasteiger partial charge in [0.1, 0.15) is 6.61 Å². The maximum absolute atomic E-state index is 11.8.